The van der Waals surface area contributed by atoms with Gasteiger partial charge in [-0.25, -0.2) is 0 Å². The van der Waals surface area contributed by atoms with E-state index in [9.17, 15) is 9.90 Å². The van der Waals surface area contributed by atoms with Crippen molar-refractivity contribution in [2.75, 3.05) is 6.54 Å². The number of rotatable bonds is 4. The van der Waals surface area contributed by atoms with Crippen molar-refractivity contribution in [1.29, 1.82) is 0 Å². The molecule has 7 nitrogen and oxygen atoms in total. The quantitative estimate of drug-likeness (QED) is 0.756. The molecule has 25 heavy (non-hydrogen) atoms. The van der Waals surface area contributed by atoms with E-state index in [4.69, 9.17) is 4.42 Å². The van der Waals surface area contributed by atoms with E-state index in [0.717, 1.165) is 17.6 Å². The van der Waals surface area contributed by atoms with Gasteiger partial charge >= 0.3 is 0 Å². The summed E-state index contributed by atoms with van der Waals surface area (Å²) in [5.41, 5.74) is 0.691. The van der Waals surface area contributed by atoms with E-state index in [2.05, 4.69) is 15.5 Å². The van der Waals surface area contributed by atoms with Crippen LogP contribution in [0.15, 0.2) is 41.1 Å². The Hall–Kier alpha value is -2.67. The van der Waals surface area contributed by atoms with Crippen LogP contribution in [0, 0.1) is 5.92 Å². The Bertz CT molecular complexity index is 868. The third-order valence-electron chi connectivity index (χ3n) is 4.94. The average molecular weight is 340 g/mol. The Morgan fingerprint density at radius 2 is 2.24 bits per heavy atom. The molecule has 3 atom stereocenters. The topological polar surface area (TPSA) is 93.2 Å². The smallest absolute Gasteiger partial charge is 0.287 e. The van der Waals surface area contributed by atoms with E-state index in [1.807, 2.05) is 35.9 Å². The highest BCUT2D eigenvalue weighted by molar-refractivity contribution is 5.96. The number of hydrogen-bond donors (Lipinski definition) is 2. The van der Waals surface area contributed by atoms with Crippen LogP contribution < -0.4 is 5.32 Å². The van der Waals surface area contributed by atoms with Gasteiger partial charge in [0.15, 0.2) is 5.76 Å². The summed E-state index contributed by atoms with van der Waals surface area (Å²) in [7, 11) is 1.90. The number of nitrogens with zero attached hydrogens (tertiary/aromatic N) is 3. The van der Waals surface area contributed by atoms with Crippen LogP contribution in [-0.4, -0.2) is 38.4 Å². The van der Waals surface area contributed by atoms with Crippen LogP contribution in [0.2, 0.25) is 0 Å². The number of benzene rings is 1. The average Bonchev–Trinajstić information content (AvgIpc) is 3.30. The van der Waals surface area contributed by atoms with Crippen LogP contribution in [0.4, 0.5) is 0 Å². The maximum Gasteiger partial charge on any atom is 0.287 e. The van der Waals surface area contributed by atoms with Crippen molar-refractivity contribution < 1.29 is 14.3 Å². The molecule has 2 N–H and O–H groups in total. The highest BCUT2D eigenvalue weighted by Gasteiger charge is 2.36. The number of nitrogens with one attached hydrogen (secondary N) is 1. The molecular weight excluding hydrogens is 320 g/mol. The lowest BCUT2D eigenvalue weighted by Gasteiger charge is -2.14. The van der Waals surface area contributed by atoms with E-state index in [-0.39, 0.29) is 17.7 Å². The predicted molar refractivity (Wildman–Crippen MR) is 91.0 cm³/mol. The van der Waals surface area contributed by atoms with Gasteiger partial charge < -0.3 is 19.4 Å². The number of para-hydroxylation sites is 1. The number of aliphatic hydroxyl groups is 1. The second kappa shape index (κ2) is 6.33. The summed E-state index contributed by atoms with van der Waals surface area (Å²) < 4.78 is 7.45. The molecule has 1 aliphatic rings. The van der Waals surface area contributed by atoms with Crippen LogP contribution in [0.5, 0.6) is 0 Å². The predicted octanol–water partition coefficient (Wildman–Crippen LogP) is 1.85. The maximum atomic E-state index is 12.3. The van der Waals surface area contributed by atoms with Gasteiger partial charge in [0.25, 0.3) is 5.91 Å². The fourth-order valence-electron chi connectivity index (χ4n) is 3.60. The number of aryl methyl sites for hydroxylation is 1. The van der Waals surface area contributed by atoms with Gasteiger partial charge in [0.2, 0.25) is 0 Å². The first-order chi connectivity index (χ1) is 12.1. The second-order valence-corrected chi connectivity index (χ2v) is 6.65. The van der Waals surface area contributed by atoms with Gasteiger partial charge in [0, 0.05) is 30.8 Å². The monoisotopic (exact) mass is 340 g/mol. The van der Waals surface area contributed by atoms with Crippen molar-refractivity contribution in [3.05, 3.63) is 48.2 Å². The highest BCUT2D eigenvalue weighted by Crippen LogP contribution is 2.37. The van der Waals surface area contributed by atoms with E-state index in [1.165, 1.54) is 0 Å². The van der Waals surface area contributed by atoms with Gasteiger partial charge in [-0.05, 0) is 25.0 Å². The van der Waals surface area contributed by atoms with Crippen molar-refractivity contribution >= 4 is 16.9 Å². The number of amides is 1. The van der Waals surface area contributed by atoms with Gasteiger partial charge in [-0.2, -0.15) is 0 Å². The van der Waals surface area contributed by atoms with Gasteiger partial charge in [0.05, 0.1) is 6.10 Å². The Morgan fingerprint density at radius 3 is 3.00 bits per heavy atom. The molecule has 1 saturated carbocycles. The van der Waals surface area contributed by atoms with Crippen molar-refractivity contribution in [3.63, 3.8) is 0 Å². The lowest BCUT2D eigenvalue weighted by Crippen LogP contribution is -2.32. The maximum absolute atomic E-state index is 12.3. The molecule has 0 aliphatic heterocycles. The van der Waals surface area contributed by atoms with Crippen molar-refractivity contribution in [3.8, 4) is 0 Å². The summed E-state index contributed by atoms with van der Waals surface area (Å²) in [4.78, 5) is 12.3. The Kier molecular flexibility index (Phi) is 4.01. The zero-order valence-corrected chi connectivity index (χ0v) is 13.9. The van der Waals surface area contributed by atoms with Gasteiger partial charge in [-0.1, -0.05) is 18.2 Å². The molecule has 4 rings (SSSR count). The third kappa shape index (κ3) is 3.02. The minimum atomic E-state index is -0.460. The van der Waals surface area contributed by atoms with Crippen LogP contribution >= 0.6 is 0 Å². The summed E-state index contributed by atoms with van der Waals surface area (Å²) in [6.45, 7) is 0.408. The summed E-state index contributed by atoms with van der Waals surface area (Å²) >= 11 is 0. The van der Waals surface area contributed by atoms with E-state index < -0.39 is 6.10 Å². The molecule has 0 bridgehead atoms. The molecular formula is C18H20N4O3. The highest BCUT2D eigenvalue weighted by atomic mass is 16.3. The molecule has 1 aromatic carbocycles. The van der Waals surface area contributed by atoms with Gasteiger partial charge in [0.1, 0.15) is 17.7 Å². The molecule has 1 amide bonds. The third-order valence-corrected chi connectivity index (χ3v) is 4.94. The zero-order valence-electron chi connectivity index (χ0n) is 13.9. The number of aromatic nitrogens is 3. The van der Waals surface area contributed by atoms with Crippen LogP contribution in [0.1, 0.15) is 35.1 Å². The fourth-order valence-corrected chi connectivity index (χ4v) is 3.60. The summed E-state index contributed by atoms with van der Waals surface area (Å²) in [6.07, 6.45) is 2.61. The summed E-state index contributed by atoms with van der Waals surface area (Å²) in [5, 5.41) is 22.1. The Labute approximate surface area is 144 Å². The fraction of sp³-hybridized carbons (Fsp3) is 0.389. The van der Waals surface area contributed by atoms with Crippen molar-refractivity contribution in [2.45, 2.75) is 24.9 Å². The largest absolute Gasteiger partial charge is 0.451 e. The van der Waals surface area contributed by atoms with Gasteiger partial charge in [-0.3, -0.25) is 4.79 Å². The molecule has 2 aromatic heterocycles. The van der Waals surface area contributed by atoms with Gasteiger partial charge in [-0.15, -0.1) is 10.2 Å². The Morgan fingerprint density at radius 1 is 1.40 bits per heavy atom. The Balaban J connectivity index is 1.39. The number of carbonyl (C=O) groups excluding carboxylic acids is 1. The van der Waals surface area contributed by atoms with Crippen LogP contribution in [0.3, 0.4) is 0 Å². The first-order valence-electron chi connectivity index (χ1n) is 8.40. The molecule has 0 spiro atoms. The molecule has 0 saturated heterocycles. The second-order valence-electron chi connectivity index (χ2n) is 6.65. The normalized spacial score (nSPS) is 23.2. The molecule has 1 aliphatic carbocycles. The number of furan rings is 1. The number of fused-ring (bicyclic) bond motifs is 1. The minimum Gasteiger partial charge on any atom is -0.451 e. The SMILES string of the molecule is Cn1cnnc1[C@H]1C[C@H](CNC(=O)c2cc3ccccc3o2)[C@H](O)C1. The van der Waals surface area contributed by atoms with E-state index >= 15 is 0 Å². The zero-order chi connectivity index (χ0) is 17.4. The lowest BCUT2D eigenvalue weighted by atomic mass is 10.0. The first kappa shape index (κ1) is 15.8. The van der Waals surface area contributed by atoms with Crippen LogP contribution in [0.25, 0.3) is 11.0 Å². The van der Waals surface area contributed by atoms with E-state index in [1.54, 1.807) is 12.4 Å². The number of hydrogen-bond acceptors (Lipinski definition) is 5. The standard InChI is InChI=1S/C18H20N4O3/c1-22-10-20-21-17(22)12-6-13(14(23)7-12)9-19-18(24)16-8-11-4-2-3-5-15(11)25-16/h2-5,8,10,12-14,23H,6-7,9H2,1H3,(H,19,24)/t12-,13+,14+/m0/s1. The molecule has 130 valence electrons. The molecule has 7 heteroatoms. The molecule has 0 radical (unpaired) electrons. The van der Waals surface area contributed by atoms with Crippen molar-refractivity contribution in [2.24, 2.45) is 13.0 Å². The minimum absolute atomic E-state index is 0.00460. The lowest BCUT2D eigenvalue weighted by molar-refractivity contribution is 0.0892. The first-order valence-corrected chi connectivity index (χ1v) is 8.40. The van der Waals surface area contributed by atoms with E-state index in [0.29, 0.717) is 24.3 Å². The summed E-state index contributed by atoms with van der Waals surface area (Å²) in [5.74, 6) is 1.07. The summed E-state index contributed by atoms with van der Waals surface area (Å²) in [6, 6.07) is 9.24. The number of carbonyl (C=O) groups is 1. The molecule has 3 aromatic rings. The molecule has 1 fully saturated rings. The molecule has 0 unspecified atom stereocenters. The van der Waals surface area contributed by atoms with Crippen molar-refractivity contribution in [1.82, 2.24) is 20.1 Å². The molecule has 2 heterocycles. The van der Waals surface area contributed by atoms with Crippen LogP contribution in [-0.2, 0) is 7.05 Å². The number of aliphatic hydroxyl groups excluding tert-OH is 1.